The number of amides is 2. The van der Waals surface area contributed by atoms with E-state index >= 15 is 0 Å². The number of hydrogen-bond acceptors (Lipinski definition) is 6. The van der Waals surface area contributed by atoms with E-state index in [0.29, 0.717) is 17.0 Å². The van der Waals surface area contributed by atoms with Gasteiger partial charge >= 0.3 is 6.16 Å². The second-order valence-electron chi connectivity index (χ2n) is 9.74. The Morgan fingerprint density at radius 2 is 1.63 bits per heavy atom. The van der Waals surface area contributed by atoms with Crippen molar-refractivity contribution in [1.82, 2.24) is 5.32 Å². The summed E-state index contributed by atoms with van der Waals surface area (Å²) in [6.07, 6.45) is -0.803. The third-order valence-electron chi connectivity index (χ3n) is 5.61. The van der Waals surface area contributed by atoms with Crippen molar-refractivity contribution < 1.29 is 28.6 Å². The lowest BCUT2D eigenvalue weighted by Crippen LogP contribution is -2.25. The Hall–Kier alpha value is -4.33. The first-order chi connectivity index (χ1) is 18.1. The lowest BCUT2D eigenvalue weighted by molar-refractivity contribution is -0.118. The van der Waals surface area contributed by atoms with Gasteiger partial charge in [-0.3, -0.25) is 9.59 Å². The third kappa shape index (κ3) is 8.09. The summed E-state index contributed by atoms with van der Waals surface area (Å²) in [7, 11) is 0. The summed E-state index contributed by atoms with van der Waals surface area (Å²) in [4.78, 5) is 36.8. The standard InChI is InChI=1S/C30H34N2O6/c1-6-36-29(35)38-23-14-12-21(13-15-23)28(34)31-18-22-9-7-8-10-25(22)32-27(33)19-37-26-16-11-20(2)17-24(26)30(3,4)5/h7-17H,6,18-19H2,1-5H3,(H,31,34)(H,32,33). The number of anilines is 1. The number of para-hydroxylation sites is 1. The molecule has 0 aromatic heterocycles. The molecule has 0 spiro atoms. The van der Waals surface area contributed by atoms with Crippen molar-refractivity contribution in [2.45, 2.75) is 46.6 Å². The van der Waals surface area contributed by atoms with Crippen molar-refractivity contribution in [3.05, 3.63) is 89.0 Å². The van der Waals surface area contributed by atoms with Gasteiger partial charge in [-0.15, -0.1) is 0 Å². The van der Waals surface area contributed by atoms with Crippen LogP contribution in [0.2, 0.25) is 0 Å². The third-order valence-corrected chi connectivity index (χ3v) is 5.61. The van der Waals surface area contributed by atoms with Crippen molar-refractivity contribution in [2.24, 2.45) is 0 Å². The topological polar surface area (TPSA) is 103 Å². The Balaban J connectivity index is 1.58. The number of aryl methyl sites for hydroxylation is 1. The Bertz CT molecular complexity index is 1280. The molecule has 3 aromatic rings. The predicted octanol–water partition coefficient (Wildman–Crippen LogP) is 5.78. The van der Waals surface area contributed by atoms with E-state index in [4.69, 9.17) is 14.2 Å². The SMILES string of the molecule is CCOC(=O)Oc1ccc(C(=O)NCc2ccccc2NC(=O)COc2ccc(C)cc2C(C)(C)C)cc1. The maximum atomic E-state index is 12.7. The summed E-state index contributed by atoms with van der Waals surface area (Å²) < 4.78 is 15.6. The van der Waals surface area contributed by atoms with Gasteiger partial charge in [0.05, 0.1) is 6.61 Å². The maximum absolute atomic E-state index is 12.7. The molecule has 8 nitrogen and oxygen atoms in total. The molecule has 2 amide bonds. The summed E-state index contributed by atoms with van der Waals surface area (Å²) in [6.45, 7) is 10.3. The van der Waals surface area contributed by atoms with Crippen LogP contribution in [0.15, 0.2) is 66.7 Å². The van der Waals surface area contributed by atoms with Crippen LogP contribution in [0.4, 0.5) is 10.5 Å². The van der Waals surface area contributed by atoms with E-state index in [0.717, 1.165) is 16.7 Å². The van der Waals surface area contributed by atoms with Crippen LogP contribution in [0.1, 0.15) is 54.7 Å². The number of ether oxygens (including phenoxy) is 3. The number of carbonyl (C=O) groups is 3. The minimum atomic E-state index is -0.803. The molecule has 0 aliphatic carbocycles. The second kappa shape index (κ2) is 12.8. The molecule has 0 radical (unpaired) electrons. The van der Waals surface area contributed by atoms with E-state index in [-0.39, 0.29) is 42.7 Å². The lowest BCUT2D eigenvalue weighted by atomic mass is 9.85. The van der Waals surface area contributed by atoms with Gasteiger partial charge in [0, 0.05) is 17.8 Å². The first-order valence-electron chi connectivity index (χ1n) is 12.4. The predicted molar refractivity (Wildman–Crippen MR) is 146 cm³/mol. The smallest absolute Gasteiger partial charge is 0.483 e. The molecule has 2 N–H and O–H groups in total. The zero-order valence-corrected chi connectivity index (χ0v) is 22.4. The summed E-state index contributed by atoms with van der Waals surface area (Å²) in [6, 6.07) is 19.3. The number of carbonyl (C=O) groups excluding carboxylic acids is 3. The fourth-order valence-corrected chi connectivity index (χ4v) is 3.68. The number of benzene rings is 3. The highest BCUT2D eigenvalue weighted by molar-refractivity contribution is 5.95. The van der Waals surface area contributed by atoms with E-state index in [2.05, 4.69) is 37.5 Å². The van der Waals surface area contributed by atoms with Gasteiger partial charge in [0.2, 0.25) is 0 Å². The summed E-state index contributed by atoms with van der Waals surface area (Å²) in [5.74, 6) is 0.334. The average Bonchev–Trinajstić information content (AvgIpc) is 2.87. The van der Waals surface area contributed by atoms with Crippen LogP contribution in [-0.2, 0) is 21.5 Å². The number of rotatable bonds is 9. The van der Waals surface area contributed by atoms with Crippen LogP contribution < -0.4 is 20.1 Å². The second-order valence-corrected chi connectivity index (χ2v) is 9.74. The highest BCUT2D eigenvalue weighted by Crippen LogP contribution is 2.32. The molecular formula is C30H34N2O6. The van der Waals surface area contributed by atoms with E-state index in [1.807, 2.05) is 37.3 Å². The minimum Gasteiger partial charge on any atom is -0.483 e. The normalized spacial score (nSPS) is 10.9. The van der Waals surface area contributed by atoms with Gasteiger partial charge in [0.15, 0.2) is 6.61 Å². The fourth-order valence-electron chi connectivity index (χ4n) is 3.68. The van der Waals surface area contributed by atoms with Crippen LogP contribution in [0, 0.1) is 6.92 Å². The van der Waals surface area contributed by atoms with Crippen molar-refractivity contribution in [2.75, 3.05) is 18.5 Å². The first-order valence-corrected chi connectivity index (χ1v) is 12.4. The molecular weight excluding hydrogens is 484 g/mol. The van der Waals surface area contributed by atoms with Crippen molar-refractivity contribution in [1.29, 1.82) is 0 Å². The number of nitrogens with one attached hydrogen (secondary N) is 2. The van der Waals surface area contributed by atoms with Gasteiger partial charge in [-0.05, 0) is 66.8 Å². The van der Waals surface area contributed by atoms with Crippen LogP contribution in [0.3, 0.4) is 0 Å². The number of hydrogen-bond donors (Lipinski definition) is 2. The molecule has 0 unspecified atom stereocenters. The van der Waals surface area contributed by atoms with Gasteiger partial charge in [-0.2, -0.15) is 0 Å². The zero-order chi connectivity index (χ0) is 27.7. The van der Waals surface area contributed by atoms with E-state index in [9.17, 15) is 14.4 Å². The van der Waals surface area contributed by atoms with Crippen LogP contribution >= 0.6 is 0 Å². The Labute approximate surface area is 223 Å². The summed E-state index contributed by atoms with van der Waals surface area (Å²) >= 11 is 0. The largest absolute Gasteiger partial charge is 0.513 e. The molecule has 0 aliphatic heterocycles. The Morgan fingerprint density at radius 1 is 0.921 bits per heavy atom. The van der Waals surface area contributed by atoms with Crippen molar-refractivity contribution in [3.63, 3.8) is 0 Å². The van der Waals surface area contributed by atoms with Crippen molar-refractivity contribution >= 4 is 23.7 Å². The van der Waals surface area contributed by atoms with Gasteiger partial charge in [-0.25, -0.2) is 4.79 Å². The lowest BCUT2D eigenvalue weighted by Gasteiger charge is -2.23. The van der Waals surface area contributed by atoms with Crippen LogP contribution in [0.25, 0.3) is 0 Å². The average molecular weight is 519 g/mol. The molecule has 0 saturated carbocycles. The molecule has 0 aliphatic rings. The molecule has 0 bridgehead atoms. The quantitative estimate of drug-likeness (QED) is 0.275. The highest BCUT2D eigenvalue weighted by atomic mass is 16.7. The fraction of sp³-hybridized carbons (Fsp3) is 0.300. The van der Waals surface area contributed by atoms with E-state index < -0.39 is 6.16 Å². The van der Waals surface area contributed by atoms with Crippen molar-refractivity contribution in [3.8, 4) is 11.5 Å². The molecule has 8 heteroatoms. The van der Waals surface area contributed by atoms with E-state index in [1.54, 1.807) is 25.1 Å². The zero-order valence-electron chi connectivity index (χ0n) is 22.4. The minimum absolute atomic E-state index is 0.128. The molecule has 3 aromatic carbocycles. The van der Waals surface area contributed by atoms with Crippen LogP contribution in [0.5, 0.6) is 11.5 Å². The Morgan fingerprint density at radius 3 is 2.32 bits per heavy atom. The van der Waals surface area contributed by atoms with Crippen LogP contribution in [-0.4, -0.2) is 31.2 Å². The van der Waals surface area contributed by atoms with Gasteiger partial charge < -0.3 is 24.8 Å². The molecule has 200 valence electrons. The molecule has 0 saturated heterocycles. The van der Waals surface area contributed by atoms with Gasteiger partial charge in [0.25, 0.3) is 11.8 Å². The monoisotopic (exact) mass is 518 g/mol. The Kier molecular flexibility index (Phi) is 9.49. The van der Waals surface area contributed by atoms with E-state index in [1.165, 1.54) is 12.1 Å². The molecule has 0 fully saturated rings. The summed E-state index contributed by atoms with van der Waals surface area (Å²) in [5, 5.41) is 5.72. The summed E-state index contributed by atoms with van der Waals surface area (Å²) in [5.41, 5.74) is 3.75. The van der Waals surface area contributed by atoms with Gasteiger partial charge in [0.1, 0.15) is 11.5 Å². The molecule has 3 rings (SSSR count). The molecule has 38 heavy (non-hydrogen) atoms. The maximum Gasteiger partial charge on any atom is 0.513 e. The molecule has 0 heterocycles. The first kappa shape index (κ1) is 28.2. The highest BCUT2D eigenvalue weighted by Gasteiger charge is 2.20. The van der Waals surface area contributed by atoms with Gasteiger partial charge in [-0.1, -0.05) is 56.7 Å². The molecule has 0 atom stereocenters.